The van der Waals surface area contributed by atoms with Gasteiger partial charge in [-0.05, 0) is 44.5 Å². The molecule has 1 aliphatic heterocycles. The van der Waals surface area contributed by atoms with Crippen molar-refractivity contribution in [1.29, 1.82) is 0 Å². The van der Waals surface area contributed by atoms with Crippen LogP contribution in [0.4, 0.5) is 5.69 Å². The van der Waals surface area contributed by atoms with Gasteiger partial charge in [0.2, 0.25) is 6.35 Å². The van der Waals surface area contributed by atoms with Crippen molar-refractivity contribution in [2.75, 3.05) is 18.7 Å². The van der Waals surface area contributed by atoms with Crippen LogP contribution in [-0.2, 0) is 4.84 Å². The summed E-state index contributed by atoms with van der Waals surface area (Å²) in [5, 5.41) is 8.99. The molecule has 0 saturated carbocycles. The summed E-state index contributed by atoms with van der Waals surface area (Å²) in [6.45, 7) is 2.95. The zero-order valence-electron chi connectivity index (χ0n) is 16.8. The highest BCUT2D eigenvalue weighted by atomic mass is 35.5. The van der Waals surface area contributed by atoms with Gasteiger partial charge in [-0.3, -0.25) is 10.4 Å². The average Bonchev–Trinajstić information content (AvgIpc) is 2.85. The predicted molar refractivity (Wildman–Crippen MR) is 125 cm³/mol. The number of hydrogen-bond acceptors (Lipinski definition) is 5. The minimum atomic E-state index is -0.474. The lowest BCUT2D eigenvalue weighted by Gasteiger charge is -2.22. The van der Waals surface area contributed by atoms with Crippen molar-refractivity contribution in [2.45, 2.75) is 38.6 Å². The number of hydrogen-bond donors (Lipinski definition) is 2. The van der Waals surface area contributed by atoms with Gasteiger partial charge in [-0.1, -0.05) is 60.6 Å². The number of thiocarbonyl (C=S) groups is 1. The van der Waals surface area contributed by atoms with Crippen LogP contribution in [0.15, 0.2) is 53.5 Å². The molecule has 5 nitrogen and oxygen atoms in total. The molecule has 154 valence electrons. The molecule has 0 spiro atoms. The molecule has 0 radical (unpaired) electrons. The monoisotopic (exact) mass is 430 g/mol. The Hall–Kier alpha value is -1.99. The molecule has 2 atom stereocenters. The van der Waals surface area contributed by atoms with Crippen molar-refractivity contribution in [1.82, 2.24) is 10.6 Å². The third-order valence-electron chi connectivity index (χ3n) is 4.84. The Morgan fingerprint density at radius 2 is 2.03 bits per heavy atom. The van der Waals surface area contributed by atoms with Gasteiger partial charge in [-0.2, -0.15) is 0 Å². The van der Waals surface area contributed by atoms with Crippen molar-refractivity contribution >= 4 is 40.7 Å². The van der Waals surface area contributed by atoms with Gasteiger partial charge in [-0.25, -0.2) is 9.83 Å². The smallest absolute Gasteiger partial charge is 0.229 e. The lowest BCUT2D eigenvalue weighted by atomic mass is 10.0. The topological polar surface area (TPSA) is 48.9 Å². The number of nitrogens with one attached hydrogen (secondary N) is 2. The first-order valence-corrected chi connectivity index (χ1v) is 10.7. The lowest BCUT2D eigenvalue weighted by Crippen LogP contribution is -2.36. The molecular formula is C22H27ClN4OS. The largest absolute Gasteiger partial charge is 0.380 e. The van der Waals surface area contributed by atoms with E-state index in [0.29, 0.717) is 11.1 Å². The first-order chi connectivity index (χ1) is 14.1. The van der Waals surface area contributed by atoms with E-state index in [2.05, 4.69) is 29.7 Å². The number of aliphatic imine (C=N–C) groups is 1. The zero-order chi connectivity index (χ0) is 20.6. The summed E-state index contributed by atoms with van der Waals surface area (Å²) in [5.74, 6) is 0. The van der Waals surface area contributed by atoms with Crippen LogP contribution >= 0.6 is 23.8 Å². The Labute approximate surface area is 183 Å². The summed E-state index contributed by atoms with van der Waals surface area (Å²) in [5.41, 5.74) is 5.37. The molecule has 2 unspecified atom stereocenters. The van der Waals surface area contributed by atoms with Crippen LogP contribution < -0.4 is 15.7 Å². The van der Waals surface area contributed by atoms with Gasteiger partial charge in [-0.15, -0.1) is 0 Å². The Kier molecular flexibility index (Phi) is 8.00. The first-order valence-electron chi connectivity index (χ1n) is 9.85. The molecule has 0 aliphatic carbocycles. The van der Waals surface area contributed by atoms with E-state index in [0.717, 1.165) is 48.3 Å². The third kappa shape index (κ3) is 6.00. The predicted octanol–water partition coefficient (Wildman–Crippen LogP) is 4.54. The number of hydroxylamine groups is 1. The van der Waals surface area contributed by atoms with Gasteiger partial charge >= 0.3 is 0 Å². The Balaban J connectivity index is 1.74. The molecule has 0 amide bonds. The molecule has 0 aromatic heterocycles. The zero-order valence-corrected chi connectivity index (χ0v) is 18.3. The second-order valence-corrected chi connectivity index (χ2v) is 7.77. The van der Waals surface area contributed by atoms with Crippen molar-refractivity contribution < 1.29 is 4.84 Å². The Morgan fingerprint density at radius 1 is 1.24 bits per heavy atom. The van der Waals surface area contributed by atoms with Gasteiger partial charge in [0.1, 0.15) is 0 Å². The second-order valence-electron chi connectivity index (χ2n) is 7.10. The highest BCUT2D eigenvalue weighted by molar-refractivity contribution is 7.78. The number of benzene rings is 2. The third-order valence-corrected chi connectivity index (χ3v) is 5.21. The van der Waals surface area contributed by atoms with E-state index in [1.807, 2.05) is 43.4 Å². The fourth-order valence-electron chi connectivity index (χ4n) is 3.30. The van der Waals surface area contributed by atoms with E-state index in [-0.39, 0.29) is 0 Å². The van der Waals surface area contributed by atoms with Gasteiger partial charge in [0.05, 0.1) is 16.9 Å². The van der Waals surface area contributed by atoms with Gasteiger partial charge in [0.25, 0.3) is 0 Å². The lowest BCUT2D eigenvalue weighted by molar-refractivity contribution is 0.0273. The number of fused-ring (bicyclic) bond motifs is 1. The molecule has 29 heavy (non-hydrogen) atoms. The molecule has 1 aliphatic rings. The van der Waals surface area contributed by atoms with Crippen molar-refractivity contribution in [3.8, 4) is 0 Å². The summed E-state index contributed by atoms with van der Waals surface area (Å²) in [6, 6.07) is 16.3. The van der Waals surface area contributed by atoms with Crippen molar-refractivity contribution in [2.24, 2.45) is 4.99 Å². The van der Waals surface area contributed by atoms with E-state index in [1.165, 1.54) is 0 Å². The van der Waals surface area contributed by atoms with Crippen molar-refractivity contribution in [3.05, 3.63) is 64.7 Å². The molecule has 0 fully saturated rings. The molecule has 0 bridgehead atoms. The fourth-order valence-corrected chi connectivity index (χ4v) is 3.70. The van der Waals surface area contributed by atoms with Crippen LogP contribution in [0.1, 0.15) is 37.3 Å². The maximum atomic E-state index is 6.29. The highest BCUT2D eigenvalue weighted by Gasteiger charge is 2.23. The Bertz CT molecular complexity index is 846. The molecule has 2 aromatic rings. The van der Waals surface area contributed by atoms with Crippen LogP contribution in [0, 0.1) is 0 Å². The summed E-state index contributed by atoms with van der Waals surface area (Å²) in [4.78, 5) is 10.9. The minimum Gasteiger partial charge on any atom is -0.380 e. The summed E-state index contributed by atoms with van der Waals surface area (Å²) < 4.78 is 0. The number of unbranched alkanes of at least 4 members (excludes halogenated alkanes) is 1. The average molecular weight is 431 g/mol. The van der Waals surface area contributed by atoms with Gasteiger partial charge in [0.15, 0.2) is 0 Å². The van der Waals surface area contributed by atoms with Crippen LogP contribution in [0.3, 0.4) is 0 Å². The summed E-state index contributed by atoms with van der Waals surface area (Å²) in [7, 11) is 1.89. The van der Waals surface area contributed by atoms with Gasteiger partial charge < -0.3 is 5.32 Å². The van der Waals surface area contributed by atoms with Crippen LogP contribution in [0.25, 0.3) is 0 Å². The van der Waals surface area contributed by atoms with Crippen LogP contribution in [0.2, 0.25) is 5.02 Å². The number of halogens is 1. The molecule has 7 heteroatoms. The molecular weight excluding hydrogens is 404 g/mol. The van der Waals surface area contributed by atoms with E-state index in [4.69, 9.17) is 33.6 Å². The normalized spacial score (nSPS) is 17.1. The second kappa shape index (κ2) is 10.7. The first kappa shape index (κ1) is 21.7. The quantitative estimate of drug-likeness (QED) is 0.452. The summed E-state index contributed by atoms with van der Waals surface area (Å²) in [6.07, 6.45) is 2.72. The maximum Gasteiger partial charge on any atom is 0.229 e. The number of anilines is 1. The standard InChI is InChI=1S/C22H27ClN4OS/c1-16(25-15-29)8-6-7-13-24-22-26-21(17-9-4-3-5-10-17)19-14-18(23)11-12-20(19)27(2)28-22/h3-5,9-12,14-16,22,24H,6-8,13H2,1-2H3,(H,25,29). The molecule has 3 rings (SSSR count). The van der Waals surface area contributed by atoms with E-state index < -0.39 is 6.35 Å². The van der Waals surface area contributed by atoms with Crippen LogP contribution in [-0.4, -0.2) is 37.2 Å². The maximum absolute atomic E-state index is 6.29. The SMILES string of the molecule is CC(CCCCNC1N=C(c2ccccc2)c2cc(Cl)ccc2N(C)O1)NC=S. The van der Waals surface area contributed by atoms with Crippen molar-refractivity contribution in [3.63, 3.8) is 0 Å². The molecule has 2 aromatic carbocycles. The highest BCUT2D eigenvalue weighted by Crippen LogP contribution is 2.29. The Morgan fingerprint density at radius 3 is 2.79 bits per heavy atom. The van der Waals surface area contributed by atoms with Crippen LogP contribution in [0.5, 0.6) is 0 Å². The molecule has 2 N–H and O–H groups in total. The molecule has 0 saturated heterocycles. The molecule has 1 heterocycles. The number of nitrogens with zero attached hydrogens (tertiary/aromatic N) is 2. The van der Waals surface area contributed by atoms with Gasteiger partial charge in [0, 0.05) is 29.2 Å². The summed E-state index contributed by atoms with van der Waals surface area (Å²) >= 11 is 11.1. The van der Waals surface area contributed by atoms with E-state index >= 15 is 0 Å². The fraction of sp³-hybridized carbons (Fsp3) is 0.364. The minimum absolute atomic E-state index is 0.398. The van der Waals surface area contributed by atoms with E-state index in [1.54, 1.807) is 10.6 Å². The number of rotatable bonds is 9. The van der Waals surface area contributed by atoms with E-state index in [9.17, 15) is 0 Å².